The highest BCUT2D eigenvalue weighted by Gasteiger charge is 2.44. The molecule has 0 bridgehead atoms. The number of aromatic amines is 1. The molecule has 9 nitrogen and oxygen atoms in total. The van der Waals surface area contributed by atoms with Crippen LogP contribution in [0.2, 0.25) is 0 Å². The Morgan fingerprint density at radius 2 is 2.09 bits per heavy atom. The zero-order valence-electron chi connectivity index (χ0n) is 12.1. The van der Waals surface area contributed by atoms with Crippen LogP contribution in [0.1, 0.15) is 20.1 Å². The highest BCUT2D eigenvalue weighted by molar-refractivity contribution is 5.71. The van der Waals surface area contributed by atoms with Gasteiger partial charge in [-0.2, -0.15) is 0 Å². The number of aromatic nitrogens is 2. The van der Waals surface area contributed by atoms with Gasteiger partial charge in [0.05, 0.1) is 5.92 Å². The molecule has 0 aliphatic carbocycles. The molecule has 1 fully saturated rings. The Balaban J connectivity index is 2.11. The maximum atomic E-state index is 11.7. The molecular formula is C13H18N2O7. The minimum atomic E-state index is -1.40. The van der Waals surface area contributed by atoms with Crippen LogP contribution in [-0.4, -0.2) is 50.7 Å². The molecular weight excluding hydrogens is 296 g/mol. The zero-order valence-corrected chi connectivity index (χ0v) is 12.1. The lowest BCUT2D eigenvalue weighted by molar-refractivity contribution is -0.153. The number of H-pyrrole nitrogens is 1. The van der Waals surface area contributed by atoms with Crippen molar-refractivity contribution in [3.8, 4) is 0 Å². The molecule has 4 unspecified atom stereocenters. The molecule has 1 aromatic rings. The standard InChI is InChI=1S/C13H18N2O7/c1-6(2)12(19)21-5-7-9(17)10(18)11(22-7)15-4-3-8(16)14-13(15)20/h3-4,6-7,9-11,17-18H,5H2,1-2H3,(H,14,16,20). The summed E-state index contributed by atoms with van der Waals surface area (Å²) in [6, 6.07) is 1.09. The number of hydrogen-bond acceptors (Lipinski definition) is 7. The molecule has 1 saturated heterocycles. The monoisotopic (exact) mass is 314 g/mol. The van der Waals surface area contributed by atoms with Crippen LogP contribution in [0.15, 0.2) is 21.9 Å². The van der Waals surface area contributed by atoms with Gasteiger partial charge in [0.15, 0.2) is 6.23 Å². The fourth-order valence-electron chi connectivity index (χ4n) is 2.06. The highest BCUT2D eigenvalue weighted by Crippen LogP contribution is 2.28. The predicted molar refractivity (Wildman–Crippen MR) is 73.0 cm³/mol. The molecule has 1 aliphatic heterocycles. The molecule has 0 spiro atoms. The van der Waals surface area contributed by atoms with Crippen LogP contribution in [0, 0.1) is 5.92 Å². The average Bonchev–Trinajstić information content (AvgIpc) is 2.73. The Morgan fingerprint density at radius 3 is 2.68 bits per heavy atom. The van der Waals surface area contributed by atoms with Crippen molar-refractivity contribution in [1.29, 1.82) is 0 Å². The Labute approximate surface area is 125 Å². The van der Waals surface area contributed by atoms with Crippen molar-refractivity contribution >= 4 is 5.97 Å². The topological polar surface area (TPSA) is 131 Å². The first kappa shape index (κ1) is 16.4. The molecule has 2 rings (SSSR count). The van der Waals surface area contributed by atoms with E-state index in [9.17, 15) is 24.6 Å². The van der Waals surface area contributed by atoms with Crippen molar-refractivity contribution in [2.45, 2.75) is 38.4 Å². The molecule has 9 heteroatoms. The molecule has 0 radical (unpaired) electrons. The normalized spacial score (nSPS) is 28.0. The van der Waals surface area contributed by atoms with Gasteiger partial charge in [-0.25, -0.2) is 4.79 Å². The molecule has 122 valence electrons. The molecule has 4 atom stereocenters. The van der Waals surface area contributed by atoms with Crippen molar-refractivity contribution < 1.29 is 24.5 Å². The number of carbonyl (C=O) groups excluding carboxylic acids is 1. The van der Waals surface area contributed by atoms with E-state index in [1.54, 1.807) is 13.8 Å². The lowest BCUT2D eigenvalue weighted by atomic mass is 10.1. The van der Waals surface area contributed by atoms with E-state index in [-0.39, 0.29) is 12.5 Å². The second-order valence-corrected chi connectivity index (χ2v) is 5.35. The number of ether oxygens (including phenoxy) is 2. The predicted octanol–water partition coefficient (Wildman–Crippen LogP) is -1.64. The Kier molecular flexibility index (Phi) is 4.79. The maximum Gasteiger partial charge on any atom is 0.330 e. The van der Waals surface area contributed by atoms with E-state index in [1.165, 1.54) is 0 Å². The first-order chi connectivity index (χ1) is 10.3. The number of carbonyl (C=O) groups is 1. The van der Waals surface area contributed by atoms with E-state index >= 15 is 0 Å². The molecule has 0 amide bonds. The summed E-state index contributed by atoms with van der Waals surface area (Å²) in [7, 11) is 0. The third kappa shape index (κ3) is 3.26. The van der Waals surface area contributed by atoms with Crippen LogP contribution in [0.5, 0.6) is 0 Å². The average molecular weight is 314 g/mol. The van der Waals surface area contributed by atoms with Crippen LogP contribution in [0.3, 0.4) is 0 Å². The molecule has 1 aromatic heterocycles. The summed E-state index contributed by atoms with van der Waals surface area (Å²) in [5, 5.41) is 19.9. The number of nitrogens with zero attached hydrogens (tertiary/aromatic N) is 1. The first-order valence-corrected chi connectivity index (χ1v) is 6.81. The first-order valence-electron chi connectivity index (χ1n) is 6.81. The van der Waals surface area contributed by atoms with Crippen LogP contribution < -0.4 is 11.2 Å². The minimum absolute atomic E-state index is 0.246. The van der Waals surface area contributed by atoms with Gasteiger partial charge >= 0.3 is 11.7 Å². The molecule has 0 saturated carbocycles. The van der Waals surface area contributed by atoms with E-state index in [0.29, 0.717) is 0 Å². The summed E-state index contributed by atoms with van der Waals surface area (Å²) in [6.07, 6.45) is -3.72. The van der Waals surface area contributed by atoms with Gasteiger partial charge in [-0.1, -0.05) is 13.8 Å². The number of esters is 1. The summed E-state index contributed by atoms with van der Waals surface area (Å²) in [5.74, 6) is -0.795. The van der Waals surface area contributed by atoms with Crippen LogP contribution in [0.25, 0.3) is 0 Å². The Hall–Kier alpha value is -1.97. The second kappa shape index (κ2) is 6.42. The third-order valence-electron chi connectivity index (χ3n) is 3.32. The number of aliphatic hydroxyl groups excluding tert-OH is 2. The van der Waals surface area contributed by atoms with Crippen LogP contribution in [0.4, 0.5) is 0 Å². The van der Waals surface area contributed by atoms with Gasteiger partial charge in [0.25, 0.3) is 5.56 Å². The van der Waals surface area contributed by atoms with Gasteiger partial charge in [0.2, 0.25) is 0 Å². The molecule has 22 heavy (non-hydrogen) atoms. The highest BCUT2D eigenvalue weighted by atomic mass is 16.6. The number of nitrogens with one attached hydrogen (secondary N) is 1. The van der Waals surface area contributed by atoms with Gasteiger partial charge in [-0.05, 0) is 0 Å². The quantitative estimate of drug-likeness (QED) is 0.568. The summed E-state index contributed by atoms with van der Waals surface area (Å²) < 4.78 is 11.3. The lowest BCUT2D eigenvalue weighted by Gasteiger charge is -2.16. The van der Waals surface area contributed by atoms with Gasteiger partial charge in [0, 0.05) is 12.3 Å². The summed E-state index contributed by atoms with van der Waals surface area (Å²) in [4.78, 5) is 36.2. The summed E-state index contributed by atoms with van der Waals surface area (Å²) in [6.45, 7) is 3.07. The maximum absolute atomic E-state index is 11.7. The SMILES string of the molecule is CC(C)C(=O)OCC1OC(n2ccc(=O)[nH]c2=O)C(O)C1O. The Bertz CT molecular complexity index is 650. The molecule has 2 heterocycles. The van der Waals surface area contributed by atoms with Gasteiger partial charge in [-0.15, -0.1) is 0 Å². The zero-order chi connectivity index (χ0) is 16.4. The van der Waals surface area contributed by atoms with E-state index in [4.69, 9.17) is 9.47 Å². The Morgan fingerprint density at radius 1 is 1.41 bits per heavy atom. The van der Waals surface area contributed by atoms with Crippen molar-refractivity contribution in [2.24, 2.45) is 5.92 Å². The molecule has 0 aromatic carbocycles. The van der Waals surface area contributed by atoms with Gasteiger partial charge in [-0.3, -0.25) is 19.1 Å². The van der Waals surface area contributed by atoms with Crippen molar-refractivity contribution in [1.82, 2.24) is 9.55 Å². The van der Waals surface area contributed by atoms with Crippen molar-refractivity contribution in [2.75, 3.05) is 6.61 Å². The summed E-state index contributed by atoms with van der Waals surface area (Å²) >= 11 is 0. The van der Waals surface area contributed by atoms with Gasteiger partial charge < -0.3 is 19.7 Å². The summed E-state index contributed by atoms with van der Waals surface area (Å²) in [5.41, 5.74) is -1.36. The second-order valence-electron chi connectivity index (χ2n) is 5.35. The minimum Gasteiger partial charge on any atom is -0.463 e. The smallest absolute Gasteiger partial charge is 0.330 e. The number of rotatable bonds is 4. The van der Waals surface area contributed by atoms with E-state index in [0.717, 1.165) is 16.8 Å². The number of hydrogen-bond donors (Lipinski definition) is 3. The third-order valence-corrected chi connectivity index (χ3v) is 3.32. The van der Waals surface area contributed by atoms with Crippen molar-refractivity contribution in [3.05, 3.63) is 33.1 Å². The number of aliphatic hydroxyl groups is 2. The largest absolute Gasteiger partial charge is 0.463 e. The fourth-order valence-corrected chi connectivity index (χ4v) is 2.06. The van der Waals surface area contributed by atoms with E-state index in [1.807, 2.05) is 4.98 Å². The van der Waals surface area contributed by atoms with Crippen molar-refractivity contribution in [3.63, 3.8) is 0 Å². The lowest BCUT2D eigenvalue weighted by Crippen LogP contribution is -2.37. The van der Waals surface area contributed by atoms with Gasteiger partial charge in [0.1, 0.15) is 24.9 Å². The van der Waals surface area contributed by atoms with E-state index in [2.05, 4.69) is 0 Å². The fraction of sp³-hybridized carbons (Fsp3) is 0.615. The van der Waals surface area contributed by atoms with Crippen LogP contribution in [-0.2, 0) is 14.3 Å². The molecule has 3 N–H and O–H groups in total. The van der Waals surface area contributed by atoms with Crippen LogP contribution >= 0.6 is 0 Å². The van der Waals surface area contributed by atoms with E-state index < -0.39 is 41.8 Å². The molecule has 1 aliphatic rings.